The monoisotopic (exact) mass is 276 g/mol. The quantitative estimate of drug-likeness (QED) is 0.826. The summed E-state index contributed by atoms with van der Waals surface area (Å²) in [6.07, 6.45) is 1.89. The summed E-state index contributed by atoms with van der Waals surface area (Å²) in [5, 5.41) is 6.16. The van der Waals surface area contributed by atoms with Gasteiger partial charge >= 0.3 is 5.97 Å². The molecular formula is C15H20N2O3. The van der Waals surface area contributed by atoms with E-state index in [1.165, 1.54) is 7.11 Å². The van der Waals surface area contributed by atoms with Crippen molar-refractivity contribution in [3.63, 3.8) is 0 Å². The third kappa shape index (κ3) is 3.17. The number of ether oxygens (including phenoxy) is 1. The van der Waals surface area contributed by atoms with Gasteiger partial charge in [-0.05, 0) is 50.6 Å². The number of hydrogen-bond acceptors (Lipinski definition) is 4. The van der Waals surface area contributed by atoms with E-state index in [1.54, 1.807) is 24.3 Å². The van der Waals surface area contributed by atoms with Crippen molar-refractivity contribution in [3.8, 4) is 0 Å². The molecule has 0 aromatic heterocycles. The van der Waals surface area contributed by atoms with E-state index < -0.39 is 0 Å². The van der Waals surface area contributed by atoms with E-state index in [0.717, 1.165) is 19.4 Å². The van der Waals surface area contributed by atoms with Crippen LogP contribution in [0.5, 0.6) is 0 Å². The van der Waals surface area contributed by atoms with Crippen LogP contribution < -0.4 is 10.6 Å². The Labute approximate surface area is 118 Å². The van der Waals surface area contributed by atoms with Gasteiger partial charge in [0.2, 0.25) is 5.91 Å². The van der Waals surface area contributed by atoms with Gasteiger partial charge in [0, 0.05) is 12.2 Å². The van der Waals surface area contributed by atoms with Crippen molar-refractivity contribution in [2.75, 3.05) is 25.5 Å². The zero-order valence-corrected chi connectivity index (χ0v) is 11.9. The maximum atomic E-state index is 12.3. The fraction of sp³-hybridized carbons (Fsp3) is 0.467. The largest absolute Gasteiger partial charge is 0.465 e. The molecule has 1 atom stereocenters. The molecule has 0 radical (unpaired) electrons. The predicted octanol–water partition coefficient (Wildman–Crippen LogP) is 1.80. The van der Waals surface area contributed by atoms with Gasteiger partial charge in [0.25, 0.3) is 0 Å². The first-order chi connectivity index (χ1) is 9.55. The Bertz CT molecular complexity index is 490. The fourth-order valence-corrected chi connectivity index (χ4v) is 2.34. The van der Waals surface area contributed by atoms with Gasteiger partial charge in [-0.25, -0.2) is 4.79 Å². The van der Waals surface area contributed by atoms with Crippen molar-refractivity contribution in [2.45, 2.75) is 19.8 Å². The summed E-state index contributed by atoms with van der Waals surface area (Å²) in [6.45, 7) is 3.63. The van der Waals surface area contributed by atoms with Crippen molar-refractivity contribution in [1.82, 2.24) is 5.32 Å². The van der Waals surface area contributed by atoms with Crippen LogP contribution in [0.25, 0.3) is 0 Å². The summed E-state index contributed by atoms with van der Waals surface area (Å²) in [5.41, 5.74) is 0.782. The van der Waals surface area contributed by atoms with E-state index in [0.29, 0.717) is 17.8 Å². The first-order valence-electron chi connectivity index (χ1n) is 6.76. The maximum absolute atomic E-state index is 12.3. The number of amides is 1. The van der Waals surface area contributed by atoms with Crippen molar-refractivity contribution in [1.29, 1.82) is 0 Å². The molecule has 1 aliphatic heterocycles. The average molecular weight is 276 g/mol. The lowest BCUT2D eigenvalue weighted by molar-refractivity contribution is -0.125. The molecule has 1 fully saturated rings. The topological polar surface area (TPSA) is 67.4 Å². The Morgan fingerprint density at radius 2 is 2.00 bits per heavy atom. The van der Waals surface area contributed by atoms with E-state index in [9.17, 15) is 9.59 Å². The number of methoxy groups -OCH3 is 1. The fourth-order valence-electron chi connectivity index (χ4n) is 2.34. The number of nitrogens with one attached hydrogen (secondary N) is 2. The molecule has 1 aliphatic rings. The molecule has 2 N–H and O–H groups in total. The minimum atomic E-state index is -0.383. The number of rotatable bonds is 3. The lowest BCUT2D eigenvalue weighted by Gasteiger charge is -2.32. The molecule has 108 valence electrons. The van der Waals surface area contributed by atoms with Crippen LogP contribution in [-0.4, -0.2) is 32.1 Å². The van der Waals surface area contributed by atoms with E-state index in [4.69, 9.17) is 0 Å². The first kappa shape index (κ1) is 14.5. The molecule has 20 heavy (non-hydrogen) atoms. The van der Waals surface area contributed by atoms with Gasteiger partial charge in [-0.2, -0.15) is 0 Å². The second-order valence-corrected chi connectivity index (χ2v) is 5.36. The Balaban J connectivity index is 2.02. The molecule has 2 rings (SSSR count). The zero-order valence-electron chi connectivity index (χ0n) is 11.9. The molecule has 0 aliphatic carbocycles. The van der Waals surface area contributed by atoms with Crippen molar-refractivity contribution in [3.05, 3.63) is 29.8 Å². The molecule has 1 saturated heterocycles. The summed E-state index contributed by atoms with van der Waals surface area (Å²) < 4.78 is 4.63. The lowest BCUT2D eigenvalue weighted by Crippen LogP contribution is -2.46. The van der Waals surface area contributed by atoms with Crippen LogP contribution in [0.1, 0.15) is 30.1 Å². The molecule has 5 heteroatoms. The second kappa shape index (κ2) is 6.05. The summed E-state index contributed by atoms with van der Waals surface area (Å²) in [4.78, 5) is 23.6. The number of hydrogen-bond donors (Lipinski definition) is 2. The number of benzene rings is 1. The normalized spacial score (nSPS) is 22.1. The summed E-state index contributed by atoms with van der Waals surface area (Å²) in [5.74, 6) is -0.373. The van der Waals surface area contributed by atoms with E-state index >= 15 is 0 Å². The highest BCUT2D eigenvalue weighted by Crippen LogP contribution is 2.27. The standard InChI is InChI=1S/C15H20N2O3/c1-15(8-3-9-16-10-15)14(19)17-12-6-4-11(5-7-12)13(18)20-2/h4-7,16H,3,8-10H2,1-2H3,(H,17,19). The minimum absolute atomic E-state index is 0.00974. The van der Waals surface area contributed by atoms with Gasteiger partial charge in [0.05, 0.1) is 18.1 Å². The van der Waals surface area contributed by atoms with Gasteiger partial charge < -0.3 is 15.4 Å². The van der Waals surface area contributed by atoms with Crippen molar-refractivity contribution >= 4 is 17.6 Å². The van der Waals surface area contributed by atoms with Crippen molar-refractivity contribution in [2.24, 2.45) is 5.41 Å². The van der Waals surface area contributed by atoms with E-state index in [2.05, 4.69) is 15.4 Å². The van der Waals surface area contributed by atoms with Gasteiger partial charge in [0.1, 0.15) is 0 Å². The highest BCUT2D eigenvalue weighted by Gasteiger charge is 2.34. The summed E-state index contributed by atoms with van der Waals surface area (Å²) in [7, 11) is 1.34. The highest BCUT2D eigenvalue weighted by atomic mass is 16.5. The number of carbonyl (C=O) groups is 2. The SMILES string of the molecule is COC(=O)c1ccc(NC(=O)C2(C)CCCNC2)cc1. The Morgan fingerprint density at radius 3 is 2.55 bits per heavy atom. The number of piperidine rings is 1. The summed E-state index contributed by atoms with van der Waals surface area (Å²) >= 11 is 0. The van der Waals surface area contributed by atoms with Crippen LogP contribution in [0.15, 0.2) is 24.3 Å². The Hall–Kier alpha value is -1.88. The molecule has 0 spiro atoms. The van der Waals surface area contributed by atoms with Crippen LogP contribution >= 0.6 is 0 Å². The minimum Gasteiger partial charge on any atom is -0.465 e. The second-order valence-electron chi connectivity index (χ2n) is 5.36. The van der Waals surface area contributed by atoms with Crippen LogP contribution in [0.4, 0.5) is 5.69 Å². The van der Waals surface area contributed by atoms with Gasteiger partial charge in [-0.1, -0.05) is 0 Å². The zero-order chi connectivity index (χ0) is 14.6. The smallest absolute Gasteiger partial charge is 0.337 e. The molecule has 1 aromatic carbocycles. The van der Waals surface area contributed by atoms with Crippen molar-refractivity contribution < 1.29 is 14.3 Å². The molecule has 1 aromatic rings. The number of carbonyl (C=O) groups excluding carboxylic acids is 2. The van der Waals surface area contributed by atoms with Crippen LogP contribution in [0.2, 0.25) is 0 Å². The van der Waals surface area contributed by atoms with Gasteiger partial charge in [-0.3, -0.25) is 4.79 Å². The molecular weight excluding hydrogens is 256 g/mol. The third-order valence-electron chi connectivity index (χ3n) is 3.71. The van der Waals surface area contributed by atoms with Gasteiger partial charge in [-0.15, -0.1) is 0 Å². The average Bonchev–Trinajstić information content (AvgIpc) is 2.48. The molecule has 1 unspecified atom stereocenters. The van der Waals surface area contributed by atoms with E-state index in [1.807, 2.05) is 6.92 Å². The number of esters is 1. The maximum Gasteiger partial charge on any atom is 0.337 e. The lowest BCUT2D eigenvalue weighted by atomic mass is 9.82. The molecule has 1 heterocycles. The first-order valence-corrected chi connectivity index (χ1v) is 6.76. The summed E-state index contributed by atoms with van der Waals surface area (Å²) in [6, 6.07) is 6.71. The van der Waals surface area contributed by atoms with Crippen LogP contribution in [0, 0.1) is 5.41 Å². The molecule has 0 saturated carbocycles. The molecule has 1 amide bonds. The predicted molar refractivity (Wildman–Crippen MR) is 76.6 cm³/mol. The third-order valence-corrected chi connectivity index (χ3v) is 3.71. The molecule has 5 nitrogen and oxygen atoms in total. The Morgan fingerprint density at radius 1 is 1.30 bits per heavy atom. The van der Waals surface area contributed by atoms with Gasteiger partial charge in [0.15, 0.2) is 0 Å². The Kier molecular flexibility index (Phi) is 4.39. The van der Waals surface area contributed by atoms with Crippen LogP contribution in [-0.2, 0) is 9.53 Å². The number of anilines is 1. The van der Waals surface area contributed by atoms with Crippen LogP contribution in [0.3, 0.4) is 0 Å². The highest BCUT2D eigenvalue weighted by molar-refractivity contribution is 5.96. The molecule has 0 bridgehead atoms. The van der Waals surface area contributed by atoms with E-state index in [-0.39, 0.29) is 17.3 Å².